The summed E-state index contributed by atoms with van der Waals surface area (Å²) in [6, 6.07) is 16.0. The number of hydrogen-bond donors (Lipinski definition) is 1. The predicted octanol–water partition coefficient (Wildman–Crippen LogP) is 4.59. The van der Waals surface area contributed by atoms with Crippen LogP contribution in [0, 0.1) is 6.92 Å². The second-order valence-corrected chi connectivity index (χ2v) is 4.75. The minimum atomic E-state index is 0.861. The van der Waals surface area contributed by atoms with Gasteiger partial charge in [-0.05, 0) is 24.1 Å². The Morgan fingerprint density at radius 1 is 1.00 bits per heavy atom. The van der Waals surface area contributed by atoms with E-state index in [1.165, 1.54) is 5.56 Å². The van der Waals surface area contributed by atoms with Crippen LogP contribution in [0.3, 0.4) is 0 Å². The summed E-state index contributed by atoms with van der Waals surface area (Å²) in [7, 11) is 0. The summed E-state index contributed by atoms with van der Waals surface area (Å²) in [4.78, 5) is 0.861. The third-order valence-corrected chi connectivity index (χ3v) is 3.29. The largest absolute Gasteiger partial charge is 0.220 e. The molecule has 0 saturated carbocycles. The van der Waals surface area contributed by atoms with Crippen molar-refractivity contribution < 1.29 is 14.6 Å². The van der Waals surface area contributed by atoms with Crippen molar-refractivity contribution in [2.24, 2.45) is 0 Å². The van der Waals surface area contributed by atoms with Crippen molar-refractivity contribution in [3.05, 3.63) is 65.2 Å². The lowest BCUT2D eigenvalue weighted by molar-refractivity contribution is -0.432. The normalized spacial score (nSPS) is 11.1. The molecule has 0 aliphatic heterocycles. The molecule has 0 radical (unpaired) electrons. The van der Waals surface area contributed by atoms with Crippen LogP contribution in [0.25, 0.3) is 12.2 Å². The molecule has 2 rings (SSSR count). The Kier molecular flexibility index (Phi) is 5.18. The van der Waals surface area contributed by atoms with Crippen LogP contribution >= 0.6 is 12.0 Å². The van der Waals surface area contributed by atoms with Gasteiger partial charge in [-0.15, -0.1) is 4.33 Å². The molecular weight excluding hydrogens is 260 g/mol. The van der Waals surface area contributed by atoms with Gasteiger partial charge >= 0.3 is 0 Å². The molecule has 19 heavy (non-hydrogen) atoms. The Morgan fingerprint density at radius 3 is 2.47 bits per heavy atom. The zero-order valence-corrected chi connectivity index (χ0v) is 11.3. The molecule has 0 aliphatic rings. The van der Waals surface area contributed by atoms with Gasteiger partial charge in [0.15, 0.2) is 0 Å². The highest BCUT2D eigenvalue weighted by Gasteiger charge is 2.00. The molecule has 0 heterocycles. The third-order valence-electron chi connectivity index (χ3n) is 2.61. The van der Waals surface area contributed by atoms with Gasteiger partial charge in [-0.3, -0.25) is 0 Å². The van der Waals surface area contributed by atoms with Gasteiger partial charge < -0.3 is 0 Å². The van der Waals surface area contributed by atoms with Crippen molar-refractivity contribution in [3.63, 3.8) is 0 Å². The fraction of sp³-hybridized carbons (Fsp3) is 0.0667. The van der Waals surface area contributed by atoms with Gasteiger partial charge in [0, 0.05) is 4.90 Å². The van der Waals surface area contributed by atoms with E-state index in [1.54, 1.807) is 0 Å². The van der Waals surface area contributed by atoms with Gasteiger partial charge in [0.25, 0.3) is 0 Å². The quantitative estimate of drug-likeness (QED) is 0.374. The number of rotatable bonds is 5. The van der Waals surface area contributed by atoms with Crippen LogP contribution in [0.1, 0.15) is 16.7 Å². The number of hydrogen-bond acceptors (Lipinski definition) is 4. The van der Waals surface area contributed by atoms with Gasteiger partial charge in [0.1, 0.15) is 0 Å². The summed E-state index contributed by atoms with van der Waals surface area (Å²) in [5.74, 6) is 0. The van der Waals surface area contributed by atoms with Gasteiger partial charge in [0.2, 0.25) is 0 Å². The zero-order valence-electron chi connectivity index (χ0n) is 10.4. The van der Waals surface area contributed by atoms with Crippen molar-refractivity contribution >= 4 is 24.2 Å². The van der Waals surface area contributed by atoms with Crippen molar-refractivity contribution in [2.45, 2.75) is 11.8 Å². The molecule has 98 valence electrons. The average molecular weight is 274 g/mol. The van der Waals surface area contributed by atoms with Crippen LogP contribution < -0.4 is 0 Å². The molecule has 0 fully saturated rings. The van der Waals surface area contributed by atoms with Crippen LogP contribution in [0.4, 0.5) is 0 Å². The van der Waals surface area contributed by atoms with Crippen LogP contribution in [-0.4, -0.2) is 5.26 Å². The molecule has 0 aliphatic carbocycles. The fourth-order valence-corrected chi connectivity index (χ4v) is 2.08. The van der Waals surface area contributed by atoms with E-state index in [9.17, 15) is 0 Å². The molecule has 0 amide bonds. The molecule has 0 bridgehead atoms. The predicted molar refractivity (Wildman–Crippen MR) is 77.2 cm³/mol. The van der Waals surface area contributed by atoms with E-state index < -0.39 is 0 Å². The second kappa shape index (κ2) is 7.11. The summed E-state index contributed by atoms with van der Waals surface area (Å²) in [6.07, 6.45) is 4.02. The summed E-state index contributed by atoms with van der Waals surface area (Å²) in [5.41, 5.74) is 3.36. The lowest BCUT2D eigenvalue weighted by atomic mass is 10.1. The Hall–Kier alpha value is -1.59. The second-order valence-electron chi connectivity index (χ2n) is 4.01. The van der Waals surface area contributed by atoms with E-state index in [0.717, 1.165) is 28.1 Å². The summed E-state index contributed by atoms with van der Waals surface area (Å²) in [6.45, 7) is 2.06. The van der Waals surface area contributed by atoms with Crippen LogP contribution in [0.15, 0.2) is 53.4 Å². The molecule has 0 spiro atoms. The molecule has 0 saturated heterocycles. The Balaban J connectivity index is 2.15. The molecule has 3 nitrogen and oxygen atoms in total. The first-order valence-electron chi connectivity index (χ1n) is 5.78. The van der Waals surface area contributed by atoms with E-state index in [0.29, 0.717) is 0 Å². The molecule has 0 aromatic heterocycles. The lowest BCUT2D eigenvalue weighted by Crippen LogP contribution is -1.82. The summed E-state index contributed by atoms with van der Waals surface area (Å²) < 4.78 is 4.47. The van der Waals surface area contributed by atoms with E-state index in [4.69, 9.17) is 5.26 Å². The topological polar surface area (TPSA) is 38.7 Å². The van der Waals surface area contributed by atoms with Crippen LogP contribution in [0.2, 0.25) is 0 Å². The average Bonchev–Trinajstić information content (AvgIpc) is 2.45. The van der Waals surface area contributed by atoms with Gasteiger partial charge in [-0.1, -0.05) is 65.2 Å². The first-order valence-corrected chi connectivity index (χ1v) is 6.52. The molecular formula is C15H14O3S. The first kappa shape index (κ1) is 13.8. The monoisotopic (exact) mass is 274 g/mol. The minimum absolute atomic E-state index is 0.861. The standard InChI is InChI=1S/C15H14O3S/c1-12-6-8-13(9-7-12)10-11-14-4-2-3-5-15(14)19-18-17-16/h2-11,16H,1H3. The van der Waals surface area contributed by atoms with E-state index >= 15 is 0 Å². The van der Waals surface area contributed by atoms with Gasteiger partial charge in [-0.25, -0.2) is 5.26 Å². The minimum Gasteiger partial charge on any atom is -0.220 e. The van der Waals surface area contributed by atoms with E-state index in [-0.39, 0.29) is 0 Å². The number of aryl methyl sites for hydroxylation is 1. The smallest absolute Gasteiger partial charge is 0.0720 e. The van der Waals surface area contributed by atoms with Crippen LogP contribution in [-0.2, 0) is 9.37 Å². The third kappa shape index (κ3) is 4.22. The maximum atomic E-state index is 8.19. The fourth-order valence-electron chi connectivity index (χ4n) is 1.61. The first-order chi connectivity index (χ1) is 9.29. The van der Waals surface area contributed by atoms with Crippen molar-refractivity contribution in [2.75, 3.05) is 0 Å². The molecule has 2 aromatic rings. The zero-order chi connectivity index (χ0) is 13.5. The van der Waals surface area contributed by atoms with Crippen molar-refractivity contribution in [1.29, 1.82) is 0 Å². The lowest BCUT2D eigenvalue weighted by Gasteiger charge is -2.02. The highest BCUT2D eigenvalue weighted by molar-refractivity contribution is 7.94. The van der Waals surface area contributed by atoms with Gasteiger partial charge in [0.05, 0.1) is 12.0 Å². The maximum absolute atomic E-state index is 8.19. The molecule has 1 N–H and O–H groups in total. The van der Waals surface area contributed by atoms with Crippen molar-refractivity contribution in [1.82, 2.24) is 0 Å². The van der Waals surface area contributed by atoms with Crippen LogP contribution in [0.5, 0.6) is 0 Å². The summed E-state index contributed by atoms with van der Waals surface area (Å²) in [5, 5.41) is 11.8. The van der Waals surface area contributed by atoms with E-state index in [1.807, 2.05) is 36.4 Å². The Labute approximate surface area is 116 Å². The molecule has 2 aromatic carbocycles. The molecule has 0 unspecified atom stereocenters. The highest BCUT2D eigenvalue weighted by Crippen LogP contribution is 2.25. The number of benzene rings is 2. The highest BCUT2D eigenvalue weighted by atomic mass is 32.2. The summed E-state index contributed by atoms with van der Waals surface area (Å²) >= 11 is 0.961. The molecule has 4 heteroatoms. The van der Waals surface area contributed by atoms with E-state index in [2.05, 4.69) is 40.6 Å². The SMILES string of the molecule is Cc1ccc(C=Cc2ccccc2SOOO)cc1. The van der Waals surface area contributed by atoms with Crippen molar-refractivity contribution in [3.8, 4) is 0 Å². The molecule has 0 atom stereocenters. The Morgan fingerprint density at radius 2 is 1.74 bits per heavy atom. The Bertz CT molecular complexity index is 550. The maximum Gasteiger partial charge on any atom is 0.0720 e. The van der Waals surface area contributed by atoms with Gasteiger partial charge in [-0.2, -0.15) is 0 Å².